The highest BCUT2D eigenvalue weighted by molar-refractivity contribution is 7.14. The zero-order valence-corrected chi connectivity index (χ0v) is 16.7. The second kappa shape index (κ2) is 8.08. The molecule has 0 bridgehead atoms. The van der Waals surface area contributed by atoms with Crippen LogP contribution in [0.4, 0.5) is 9.93 Å². The predicted octanol–water partition coefficient (Wildman–Crippen LogP) is 4.54. The molecule has 2 aromatic rings. The van der Waals surface area contributed by atoms with E-state index in [9.17, 15) is 9.59 Å². The maximum absolute atomic E-state index is 12.8. The van der Waals surface area contributed by atoms with Gasteiger partial charge in [-0.2, -0.15) is 0 Å². The van der Waals surface area contributed by atoms with Crippen LogP contribution >= 0.6 is 11.3 Å². The normalized spacial score (nSPS) is 17.4. The van der Waals surface area contributed by atoms with Crippen molar-refractivity contribution >= 4 is 28.5 Å². The molecule has 0 saturated carbocycles. The summed E-state index contributed by atoms with van der Waals surface area (Å²) < 4.78 is 5.46. The molecule has 1 aliphatic rings. The largest absolute Gasteiger partial charge is 0.444 e. The molecule has 0 radical (unpaired) electrons. The van der Waals surface area contributed by atoms with Gasteiger partial charge in [0, 0.05) is 17.5 Å². The van der Waals surface area contributed by atoms with Crippen molar-refractivity contribution in [2.24, 2.45) is 0 Å². The van der Waals surface area contributed by atoms with Crippen LogP contribution in [-0.2, 0) is 9.53 Å². The van der Waals surface area contributed by atoms with Crippen molar-refractivity contribution < 1.29 is 14.3 Å². The molecule has 2 heterocycles. The van der Waals surface area contributed by atoms with Gasteiger partial charge >= 0.3 is 6.09 Å². The summed E-state index contributed by atoms with van der Waals surface area (Å²) in [5.41, 5.74) is 1.24. The predicted molar refractivity (Wildman–Crippen MR) is 107 cm³/mol. The number of ether oxygens (including phenoxy) is 1. The van der Waals surface area contributed by atoms with Crippen molar-refractivity contribution in [1.82, 2.24) is 9.88 Å². The number of carbonyl (C=O) groups excluding carboxylic acids is 2. The van der Waals surface area contributed by atoms with Gasteiger partial charge in [0.2, 0.25) is 5.91 Å². The van der Waals surface area contributed by atoms with Crippen LogP contribution in [0.25, 0.3) is 11.3 Å². The first kappa shape index (κ1) is 19.4. The molecular weight excluding hydrogens is 362 g/mol. The minimum atomic E-state index is -0.588. The van der Waals surface area contributed by atoms with Crippen LogP contribution in [0.5, 0.6) is 0 Å². The third kappa shape index (κ3) is 5.07. The van der Waals surface area contributed by atoms with E-state index in [4.69, 9.17) is 4.74 Å². The first-order valence-electron chi connectivity index (χ1n) is 9.15. The number of rotatable bonds is 3. The first-order valence-corrected chi connectivity index (χ1v) is 10.0. The van der Waals surface area contributed by atoms with Gasteiger partial charge in [0.05, 0.1) is 5.69 Å². The molecule has 3 rings (SSSR count). The monoisotopic (exact) mass is 387 g/mol. The van der Waals surface area contributed by atoms with E-state index in [1.807, 2.05) is 56.5 Å². The van der Waals surface area contributed by atoms with Crippen molar-refractivity contribution in [1.29, 1.82) is 0 Å². The van der Waals surface area contributed by atoms with E-state index < -0.39 is 17.7 Å². The Morgan fingerprint density at radius 1 is 1.22 bits per heavy atom. The highest BCUT2D eigenvalue weighted by Crippen LogP contribution is 2.26. The summed E-state index contributed by atoms with van der Waals surface area (Å²) >= 11 is 1.38. The maximum Gasteiger partial charge on any atom is 0.410 e. The number of carbonyl (C=O) groups is 2. The van der Waals surface area contributed by atoms with Gasteiger partial charge in [-0.05, 0) is 40.0 Å². The average molecular weight is 388 g/mol. The molecular formula is C20H25N3O3S. The summed E-state index contributed by atoms with van der Waals surface area (Å²) in [6.07, 6.45) is 1.97. The summed E-state index contributed by atoms with van der Waals surface area (Å²) in [5.74, 6) is -0.213. The fourth-order valence-corrected chi connectivity index (χ4v) is 3.73. The van der Waals surface area contributed by atoms with Gasteiger partial charge in [-0.3, -0.25) is 9.69 Å². The Hall–Kier alpha value is -2.41. The topological polar surface area (TPSA) is 71.5 Å². The summed E-state index contributed by atoms with van der Waals surface area (Å²) in [6.45, 7) is 6.00. The standard InChI is InChI=1S/C20H25N3O3S/c1-20(2,3)26-19(25)23-12-8-7-11-16(23)17(24)22-18-21-15(13-27-18)14-9-5-4-6-10-14/h4-6,9-10,13,16H,7-8,11-12H2,1-3H3,(H,21,22,24)/t16-/m0/s1. The van der Waals surface area contributed by atoms with Gasteiger partial charge in [0.25, 0.3) is 0 Å². The molecule has 1 aromatic carbocycles. The summed E-state index contributed by atoms with van der Waals surface area (Å²) in [5, 5.41) is 5.32. The van der Waals surface area contributed by atoms with Gasteiger partial charge < -0.3 is 10.1 Å². The van der Waals surface area contributed by atoms with E-state index in [1.54, 1.807) is 0 Å². The lowest BCUT2D eigenvalue weighted by Crippen LogP contribution is -2.51. The Morgan fingerprint density at radius 3 is 2.67 bits per heavy atom. The second-order valence-electron chi connectivity index (χ2n) is 7.58. The molecule has 27 heavy (non-hydrogen) atoms. The molecule has 1 N–H and O–H groups in total. The molecule has 144 valence electrons. The van der Waals surface area contributed by atoms with Crippen molar-refractivity contribution in [3.63, 3.8) is 0 Å². The number of amides is 2. The molecule has 1 atom stereocenters. The van der Waals surface area contributed by atoms with Crippen LogP contribution in [0.3, 0.4) is 0 Å². The molecule has 0 spiro atoms. The van der Waals surface area contributed by atoms with Gasteiger partial charge in [0.15, 0.2) is 5.13 Å². The highest BCUT2D eigenvalue weighted by Gasteiger charge is 2.35. The molecule has 1 aromatic heterocycles. The number of thiazole rings is 1. The van der Waals surface area contributed by atoms with Crippen molar-refractivity contribution in [2.45, 2.75) is 51.7 Å². The minimum absolute atomic E-state index is 0.213. The molecule has 2 amide bonds. The Labute approximate surface area is 163 Å². The number of nitrogens with zero attached hydrogens (tertiary/aromatic N) is 2. The van der Waals surface area contributed by atoms with Gasteiger partial charge in [0.1, 0.15) is 11.6 Å². The lowest BCUT2D eigenvalue weighted by atomic mass is 10.0. The number of piperidine rings is 1. The van der Waals surface area contributed by atoms with Gasteiger partial charge in [-0.25, -0.2) is 9.78 Å². The molecule has 0 unspecified atom stereocenters. The van der Waals surface area contributed by atoms with Crippen molar-refractivity contribution in [3.8, 4) is 11.3 Å². The Kier molecular flexibility index (Phi) is 5.79. The number of nitrogens with one attached hydrogen (secondary N) is 1. The molecule has 1 aliphatic heterocycles. The molecule has 6 nitrogen and oxygen atoms in total. The fourth-order valence-electron chi connectivity index (χ4n) is 3.00. The number of anilines is 1. The summed E-state index contributed by atoms with van der Waals surface area (Å²) in [6, 6.07) is 9.28. The highest BCUT2D eigenvalue weighted by atomic mass is 32.1. The molecule has 0 aliphatic carbocycles. The zero-order valence-electron chi connectivity index (χ0n) is 15.9. The van der Waals surface area contributed by atoms with Crippen LogP contribution in [0.1, 0.15) is 40.0 Å². The van der Waals surface area contributed by atoms with E-state index >= 15 is 0 Å². The molecule has 1 saturated heterocycles. The average Bonchev–Trinajstić information content (AvgIpc) is 3.09. The third-order valence-electron chi connectivity index (χ3n) is 4.24. The number of aromatic nitrogens is 1. The van der Waals surface area contributed by atoms with Crippen LogP contribution in [-0.4, -0.2) is 40.1 Å². The van der Waals surface area contributed by atoms with Gasteiger partial charge in [-0.1, -0.05) is 30.3 Å². The lowest BCUT2D eigenvalue weighted by Gasteiger charge is -2.35. The van der Waals surface area contributed by atoms with Crippen molar-refractivity contribution in [3.05, 3.63) is 35.7 Å². The molecule has 7 heteroatoms. The lowest BCUT2D eigenvalue weighted by molar-refractivity contribution is -0.122. The van der Waals surface area contributed by atoms with Crippen LogP contribution in [0.2, 0.25) is 0 Å². The Balaban J connectivity index is 1.69. The molecule has 1 fully saturated rings. The first-order chi connectivity index (χ1) is 12.8. The second-order valence-corrected chi connectivity index (χ2v) is 8.44. The number of hydrogen-bond donors (Lipinski definition) is 1. The van der Waals surface area contributed by atoms with Crippen LogP contribution in [0, 0.1) is 0 Å². The van der Waals surface area contributed by atoms with Gasteiger partial charge in [-0.15, -0.1) is 11.3 Å². The fraction of sp³-hybridized carbons (Fsp3) is 0.450. The van der Waals surface area contributed by atoms with Crippen molar-refractivity contribution in [2.75, 3.05) is 11.9 Å². The Morgan fingerprint density at radius 2 is 1.96 bits per heavy atom. The van der Waals surface area contributed by atoms with E-state index in [-0.39, 0.29) is 5.91 Å². The quantitative estimate of drug-likeness (QED) is 0.839. The van der Waals surface area contributed by atoms with Crippen LogP contribution < -0.4 is 5.32 Å². The summed E-state index contributed by atoms with van der Waals surface area (Å²) in [7, 11) is 0. The zero-order chi connectivity index (χ0) is 19.4. The number of likely N-dealkylation sites (tertiary alicyclic amines) is 1. The smallest absolute Gasteiger partial charge is 0.410 e. The summed E-state index contributed by atoms with van der Waals surface area (Å²) in [4.78, 5) is 31.3. The Bertz CT molecular complexity index is 798. The minimum Gasteiger partial charge on any atom is -0.444 e. The van der Waals surface area contributed by atoms with E-state index in [0.29, 0.717) is 18.1 Å². The SMILES string of the molecule is CC(C)(C)OC(=O)N1CCCC[C@H]1C(=O)Nc1nc(-c2ccccc2)cs1. The van der Waals surface area contributed by atoms with E-state index in [1.165, 1.54) is 16.2 Å². The third-order valence-corrected chi connectivity index (χ3v) is 5.00. The van der Waals surface area contributed by atoms with E-state index in [2.05, 4.69) is 10.3 Å². The van der Waals surface area contributed by atoms with E-state index in [0.717, 1.165) is 24.1 Å². The maximum atomic E-state index is 12.8. The van der Waals surface area contributed by atoms with Crippen LogP contribution in [0.15, 0.2) is 35.7 Å². The number of benzene rings is 1. The number of hydrogen-bond acceptors (Lipinski definition) is 5.